The first kappa shape index (κ1) is 16.3. The van der Waals surface area contributed by atoms with E-state index in [1.165, 1.54) is 6.42 Å². The third-order valence-electron chi connectivity index (χ3n) is 3.90. The lowest BCUT2D eigenvalue weighted by atomic mass is 10.2. The molecule has 0 aliphatic carbocycles. The third-order valence-corrected chi connectivity index (χ3v) is 3.90. The average Bonchev–Trinajstić information content (AvgIpc) is 3.04. The highest BCUT2D eigenvalue weighted by Crippen LogP contribution is 2.23. The summed E-state index contributed by atoms with van der Waals surface area (Å²) in [7, 11) is 0. The summed E-state index contributed by atoms with van der Waals surface area (Å²) in [4.78, 5) is 18.4. The molecule has 1 aromatic heterocycles. The Kier molecular flexibility index (Phi) is 5.76. The number of unbranched alkanes of at least 4 members (excludes halogenated alkanes) is 2. The van der Waals surface area contributed by atoms with E-state index in [0.717, 1.165) is 38.1 Å². The molecule has 5 heteroatoms. The highest BCUT2D eigenvalue weighted by Gasteiger charge is 2.25. The van der Waals surface area contributed by atoms with Gasteiger partial charge < -0.3 is 9.47 Å². The fourth-order valence-corrected chi connectivity index (χ4v) is 2.74. The van der Waals surface area contributed by atoms with E-state index in [0.29, 0.717) is 24.3 Å². The van der Waals surface area contributed by atoms with Crippen LogP contribution in [-0.2, 0) is 11.3 Å². The van der Waals surface area contributed by atoms with Crippen molar-refractivity contribution in [1.82, 2.24) is 9.47 Å². The van der Waals surface area contributed by atoms with Crippen molar-refractivity contribution in [3.63, 3.8) is 0 Å². The minimum absolute atomic E-state index is 0.142. The Morgan fingerprint density at radius 2 is 2.09 bits per heavy atom. The lowest BCUT2D eigenvalue weighted by Crippen LogP contribution is -2.25. The van der Waals surface area contributed by atoms with Gasteiger partial charge in [-0.1, -0.05) is 26.7 Å². The van der Waals surface area contributed by atoms with Gasteiger partial charge in [0.25, 0.3) is 0 Å². The van der Waals surface area contributed by atoms with Crippen molar-refractivity contribution in [3.8, 4) is 6.07 Å². The number of amides is 1. The molecular weight excluding hydrogens is 276 g/mol. The molecule has 0 N–H and O–H groups in total. The second kappa shape index (κ2) is 7.79. The Bertz CT molecular complexity index is 594. The monoisotopic (exact) mass is 300 g/mol. The van der Waals surface area contributed by atoms with Gasteiger partial charge in [-0.2, -0.15) is 5.26 Å². The highest BCUT2D eigenvalue weighted by atomic mass is 16.2. The smallest absolute Gasteiger partial charge is 0.228 e. The predicted molar refractivity (Wildman–Crippen MR) is 87.3 cm³/mol. The largest absolute Gasteiger partial charge is 0.337 e. The molecule has 1 aromatic rings. The van der Waals surface area contributed by atoms with Crippen molar-refractivity contribution >= 4 is 17.4 Å². The quantitative estimate of drug-likeness (QED) is 0.726. The molecule has 22 heavy (non-hydrogen) atoms. The number of carbonyl (C=O) groups excluding carboxylic acids is 1. The third kappa shape index (κ3) is 3.76. The summed E-state index contributed by atoms with van der Waals surface area (Å²) in [5, 5.41) is 9.26. The van der Waals surface area contributed by atoms with Crippen molar-refractivity contribution in [2.24, 2.45) is 4.99 Å². The van der Waals surface area contributed by atoms with Gasteiger partial charge in [-0.15, -0.1) is 0 Å². The van der Waals surface area contributed by atoms with Crippen LogP contribution in [0.2, 0.25) is 0 Å². The number of nitrogens with zero attached hydrogens (tertiary/aromatic N) is 4. The van der Waals surface area contributed by atoms with Crippen LogP contribution in [0.25, 0.3) is 0 Å². The van der Waals surface area contributed by atoms with E-state index < -0.39 is 0 Å². The molecule has 0 atom stereocenters. The number of hydrogen-bond donors (Lipinski definition) is 0. The maximum absolute atomic E-state index is 11.9. The first-order chi connectivity index (χ1) is 10.7. The molecule has 0 spiro atoms. The van der Waals surface area contributed by atoms with Gasteiger partial charge in [0.2, 0.25) is 5.91 Å². The predicted octanol–water partition coefficient (Wildman–Crippen LogP) is 3.26. The van der Waals surface area contributed by atoms with Crippen LogP contribution in [0.1, 0.15) is 51.5 Å². The molecule has 0 radical (unpaired) electrons. The average molecular weight is 300 g/mol. The van der Waals surface area contributed by atoms with E-state index in [4.69, 9.17) is 0 Å². The summed E-state index contributed by atoms with van der Waals surface area (Å²) in [6, 6.07) is 4.01. The molecule has 1 fully saturated rings. The number of aromatic nitrogens is 1. The number of aliphatic imine (C=N–C) groups is 1. The molecule has 1 saturated heterocycles. The van der Waals surface area contributed by atoms with Gasteiger partial charge in [-0.05, 0) is 18.9 Å². The number of aryl methyl sites for hydroxylation is 1. The zero-order valence-corrected chi connectivity index (χ0v) is 13.5. The van der Waals surface area contributed by atoms with E-state index in [1.807, 2.05) is 21.7 Å². The van der Waals surface area contributed by atoms with Crippen LogP contribution >= 0.6 is 0 Å². The number of hydrogen-bond acceptors (Lipinski definition) is 3. The molecule has 2 rings (SSSR count). The first-order valence-electron chi connectivity index (χ1n) is 8.13. The van der Waals surface area contributed by atoms with E-state index in [1.54, 1.807) is 0 Å². The van der Waals surface area contributed by atoms with Crippen LogP contribution in [0, 0.1) is 11.3 Å². The van der Waals surface area contributed by atoms with Crippen molar-refractivity contribution in [2.45, 2.75) is 52.5 Å². The molecule has 2 heterocycles. The van der Waals surface area contributed by atoms with Gasteiger partial charge in [0, 0.05) is 25.0 Å². The van der Waals surface area contributed by atoms with Crippen molar-refractivity contribution in [3.05, 3.63) is 17.8 Å². The molecular formula is C17H24N4O. The van der Waals surface area contributed by atoms with Gasteiger partial charge in [0.05, 0.1) is 18.5 Å². The van der Waals surface area contributed by atoms with Gasteiger partial charge >= 0.3 is 0 Å². The maximum atomic E-state index is 11.9. The zero-order valence-electron chi connectivity index (χ0n) is 13.5. The van der Waals surface area contributed by atoms with Gasteiger partial charge in [-0.25, -0.2) is 4.99 Å². The Morgan fingerprint density at radius 3 is 2.77 bits per heavy atom. The maximum Gasteiger partial charge on any atom is 0.228 e. The fraction of sp³-hybridized carbons (Fsp3) is 0.588. The minimum atomic E-state index is 0.142. The van der Waals surface area contributed by atoms with Gasteiger partial charge in [-0.3, -0.25) is 4.79 Å². The fourth-order valence-electron chi connectivity index (χ4n) is 2.74. The van der Waals surface area contributed by atoms with Crippen LogP contribution in [0.3, 0.4) is 0 Å². The van der Waals surface area contributed by atoms with Gasteiger partial charge in [0.15, 0.2) is 5.82 Å². The molecule has 1 aliphatic heterocycles. The topological polar surface area (TPSA) is 61.4 Å². The summed E-state index contributed by atoms with van der Waals surface area (Å²) in [6.07, 6.45) is 6.67. The molecule has 118 valence electrons. The van der Waals surface area contributed by atoms with Crippen LogP contribution in [0.5, 0.6) is 0 Å². The van der Waals surface area contributed by atoms with Crippen molar-refractivity contribution in [1.29, 1.82) is 5.26 Å². The summed E-state index contributed by atoms with van der Waals surface area (Å²) in [5.74, 6) is 0.850. The van der Waals surface area contributed by atoms with Crippen LogP contribution in [0.15, 0.2) is 17.3 Å². The molecule has 5 nitrogen and oxygen atoms in total. The van der Waals surface area contributed by atoms with Gasteiger partial charge in [0.1, 0.15) is 6.07 Å². The number of rotatable bonds is 7. The molecule has 1 amide bonds. The minimum Gasteiger partial charge on any atom is -0.337 e. The highest BCUT2D eigenvalue weighted by molar-refractivity contribution is 6.09. The molecule has 1 aliphatic rings. The number of nitriles is 1. The molecule has 0 aromatic carbocycles. The van der Waals surface area contributed by atoms with E-state index >= 15 is 0 Å². The van der Waals surface area contributed by atoms with Crippen LogP contribution in [0.4, 0.5) is 5.82 Å². The molecule has 0 saturated carbocycles. The summed E-state index contributed by atoms with van der Waals surface area (Å²) in [6.45, 7) is 6.48. The lowest BCUT2D eigenvalue weighted by molar-refractivity contribution is -0.127. The lowest BCUT2D eigenvalue weighted by Gasteiger charge is -2.12. The van der Waals surface area contributed by atoms with E-state index in [-0.39, 0.29) is 5.91 Å². The summed E-state index contributed by atoms with van der Waals surface area (Å²) >= 11 is 0. The Hall–Kier alpha value is -2.09. The summed E-state index contributed by atoms with van der Waals surface area (Å²) in [5.41, 5.74) is 1.45. The van der Waals surface area contributed by atoms with Crippen molar-refractivity contribution < 1.29 is 4.79 Å². The second-order valence-electron chi connectivity index (χ2n) is 5.74. The normalized spacial score (nSPS) is 16.5. The number of likely N-dealkylation sites (tertiary alicyclic amines) is 1. The van der Waals surface area contributed by atoms with Crippen LogP contribution < -0.4 is 0 Å². The summed E-state index contributed by atoms with van der Waals surface area (Å²) < 4.78 is 2.04. The second-order valence-corrected chi connectivity index (χ2v) is 5.74. The Morgan fingerprint density at radius 1 is 1.27 bits per heavy atom. The SMILES string of the molecule is CCCCCn1ccc(C#N)c1N=C1CC(=O)N(CCC)C1. The molecule has 0 bridgehead atoms. The zero-order chi connectivity index (χ0) is 15.9. The Labute approximate surface area is 132 Å². The van der Waals surface area contributed by atoms with E-state index in [9.17, 15) is 10.1 Å². The molecule has 0 unspecified atom stereocenters. The Balaban J connectivity index is 2.17. The first-order valence-corrected chi connectivity index (χ1v) is 8.13. The van der Waals surface area contributed by atoms with E-state index in [2.05, 4.69) is 24.9 Å². The van der Waals surface area contributed by atoms with Crippen molar-refractivity contribution in [2.75, 3.05) is 13.1 Å². The van der Waals surface area contributed by atoms with Crippen LogP contribution in [-0.4, -0.2) is 34.2 Å². The standard InChI is InChI=1S/C17H24N4O/c1-3-5-6-9-20-10-7-14(12-18)17(20)19-15-11-16(22)21(13-15)8-4-2/h7,10H,3-6,8-9,11,13H2,1-2H3. The number of carbonyl (C=O) groups is 1.